The van der Waals surface area contributed by atoms with Crippen molar-refractivity contribution in [3.05, 3.63) is 83.9 Å². The fraction of sp³-hybridized carbons (Fsp3) is 0.130. The molecule has 0 saturated heterocycles. The monoisotopic (exact) mass is 388 g/mol. The second-order valence-corrected chi connectivity index (χ2v) is 7.42. The van der Waals surface area contributed by atoms with Gasteiger partial charge in [-0.05, 0) is 55.8 Å². The largest absolute Gasteiger partial charge is 0.457 e. The number of rotatable bonds is 5. The quantitative estimate of drug-likeness (QED) is 0.417. The molecule has 4 nitrogen and oxygen atoms in total. The highest BCUT2D eigenvalue weighted by atomic mass is 32.1. The Hall–Kier alpha value is -3.18. The van der Waals surface area contributed by atoms with Gasteiger partial charge < -0.3 is 4.74 Å². The number of aryl methyl sites for hydroxylation is 1. The van der Waals surface area contributed by atoms with Crippen LogP contribution in [0.3, 0.4) is 0 Å². The van der Waals surface area contributed by atoms with Crippen molar-refractivity contribution < 1.29 is 9.53 Å². The lowest BCUT2D eigenvalue weighted by molar-refractivity contribution is 0.0988. The summed E-state index contributed by atoms with van der Waals surface area (Å²) in [5, 5.41) is 0.714. The van der Waals surface area contributed by atoms with Crippen LogP contribution in [0.5, 0.6) is 11.5 Å². The summed E-state index contributed by atoms with van der Waals surface area (Å²) < 4.78 is 6.95. The van der Waals surface area contributed by atoms with E-state index in [1.807, 2.05) is 74.5 Å². The standard InChI is InChI=1S/C23H20N2O2S/c1-3-25(23-24-21-16(2)9-7-14-20(21)28-23)22(26)17-10-8-13-19(15-17)27-18-11-5-4-6-12-18/h4-15H,3H2,1-2H3. The van der Waals surface area contributed by atoms with Crippen molar-refractivity contribution in [2.45, 2.75) is 13.8 Å². The van der Waals surface area contributed by atoms with E-state index in [1.54, 1.807) is 17.0 Å². The van der Waals surface area contributed by atoms with Crippen LogP contribution in [0.2, 0.25) is 0 Å². The number of carbonyl (C=O) groups is 1. The van der Waals surface area contributed by atoms with Crippen LogP contribution in [-0.4, -0.2) is 17.4 Å². The van der Waals surface area contributed by atoms with Crippen molar-refractivity contribution in [1.29, 1.82) is 0 Å². The molecule has 0 aliphatic rings. The Morgan fingerprint density at radius 3 is 2.50 bits per heavy atom. The van der Waals surface area contributed by atoms with E-state index in [4.69, 9.17) is 9.72 Å². The lowest BCUT2D eigenvalue weighted by Crippen LogP contribution is -2.30. The second-order valence-electron chi connectivity index (χ2n) is 6.41. The van der Waals surface area contributed by atoms with Crippen LogP contribution >= 0.6 is 11.3 Å². The smallest absolute Gasteiger partial charge is 0.260 e. The maximum atomic E-state index is 13.2. The summed E-state index contributed by atoms with van der Waals surface area (Å²) in [6.07, 6.45) is 0. The molecular formula is C23H20N2O2S. The molecule has 0 aliphatic carbocycles. The molecule has 0 spiro atoms. The molecule has 4 rings (SSSR count). The number of amides is 1. The van der Waals surface area contributed by atoms with E-state index in [0.29, 0.717) is 23.0 Å². The van der Waals surface area contributed by atoms with E-state index in [-0.39, 0.29) is 5.91 Å². The van der Waals surface area contributed by atoms with E-state index < -0.39 is 0 Å². The third-order valence-corrected chi connectivity index (χ3v) is 5.51. The number of fused-ring (bicyclic) bond motifs is 1. The van der Waals surface area contributed by atoms with Crippen LogP contribution in [0.25, 0.3) is 10.2 Å². The van der Waals surface area contributed by atoms with Crippen molar-refractivity contribution in [2.24, 2.45) is 0 Å². The molecule has 0 fully saturated rings. The SMILES string of the molecule is CCN(C(=O)c1cccc(Oc2ccccc2)c1)c1nc2c(C)cccc2s1. The lowest BCUT2D eigenvalue weighted by Gasteiger charge is -2.18. The van der Waals surface area contributed by atoms with Gasteiger partial charge in [-0.1, -0.05) is 47.7 Å². The third kappa shape index (κ3) is 3.62. The average Bonchev–Trinajstić information content (AvgIpc) is 3.15. The zero-order valence-corrected chi connectivity index (χ0v) is 16.6. The summed E-state index contributed by atoms with van der Waals surface area (Å²) in [6, 6.07) is 22.9. The number of benzene rings is 3. The Bertz CT molecular complexity index is 1120. The van der Waals surface area contributed by atoms with Gasteiger partial charge in [0.05, 0.1) is 10.2 Å². The first-order chi connectivity index (χ1) is 13.7. The summed E-state index contributed by atoms with van der Waals surface area (Å²) in [7, 11) is 0. The summed E-state index contributed by atoms with van der Waals surface area (Å²) in [4.78, 5) is 19.6. The fourth-order valence-corrected chi connectivity index (χ4v) is 4.13. The number of thiazole rings is 1. The first-order valence-electron chi connectivity index (χ1n) is 9.16. The first kappa shape index (κ1) is 18.2. The van der Waals surface area contributed by atoms with Crippen molar-refractivity contribution in [3.63, 3.8) is 0 Å². The molecule has 0 unspecified atom stereocenters. The Balaban J connectivity index is 1.63. The number of ether oxygens (including phenoxy) is 1. The minimum Gasteiger partial charge on any atom is -0.457 e. The highest BCUT2D eigenvalue weighted by molar-refractivity contribution is 7.22. The van der Waals surface area contributed by atoms with Crippen molar-refractivity contribution in [2.75, 3.05) is 11.4 Å². The van der Waals surface area contributed by atoms with Crippen LogP contribution in [0.15, 0.2) is 72.8 Å². The van der Waals surface area contributed by atoms with Gasteiger partial charge in [0.25, 0.3) is 5.91 Å². The number of para-hydroxylation sites is 2. The number of hydrogen-bond acceptors (Lipinski definition) is 4. The number of aromatic nitrogens is 1. The van der Waals surface area contributed by atoms with Crippen molar-refractivity contribution in [3.8, 4) is 11.5 Å². The lowest BCUT2D eigenvalue weighted by atomic mass is 10.2. The minimum atomic E-state index is -0.0854. The zero-order chi connectivity index (χ0) is 19.5. The molecule has 3 aromatic carbocycles. The van der Waals surface area contributed by atoms with Gasteiger partial charge in [0.1, 0.15) is 11.5 Å². The van der Waals surface area contributed by atoms with Crippen LogP contribution < -0.4 is 9.64 Å². The fourth-order valence-electron chi connectivity index (χ4n) is 3.03. The number of anilines is 1. The normalized spacial score (nSPS) is 10.8. The topological polar surface area (TPSA) is 42.4 Å². The Morgan fingerprint density at radius 2 is 1.75 bits per heavy atom. The molecule has 1 aromatic heterocycles. The molecule has 28 heavy (non-hydrogen) atoms. The van der Waals surface area contributed by atoms with Crippen LogP contribution in [0.1, 0.15) is 22.8 Å². The minimum absolute atomic E-state index is 0.0854. The number of nitrogens with zero attached hydrogens (tertiary/aromatic N) is 2. The average molecular weight is 388 g/mol. The first-order valence-corrected chi connectivity index (χ1v) is 9.98. The third-order valence-electron chi connectivity index (χ3n) is 4.46. The predicted molar refractivity (Wildman–Crippen MR) is 115 cm³/mol. The number of hydrogen-bond donors (Lipinski definition) is 0. The molecule has 0 bridgehead atoms. The molecule has 0 aliphatic heterocycles. The van der Waals surface area contributed by atoms with Gasteiger partial charge in [-0.2, -0.15) is 0 Å². The Morgan fingerprint density at radius 1 is 1.00 bits per heavy atom. The van der Waals surface area contributed by atoms with Gasteiger partial charge in [0.15, 0.2) is 5.13 Å². The van der Waals surface area contributed by atoms with Crippen molar-refractivity contribution >= 4 is 32.6 Å². The van der Waals surface area contributed by atoms with E-state index >= 15 is 0 Å². The molecule has 5 heteroatoms. The van der Waals surface area contributed by atoms with E-state index in [9.17, 15) is 4.79 Å². The Kier molecular flexibility index (Phi) is 5.08. The summed E-state index contributed by atoms with van der Waals surface area (Å²) in [5.41, 5.74) is 2.64. The molecule has 1 amide bonds. The number of carbonyl (C=O) groups excluding carboxylic acids is 1. The highest BCUT2D eigenvalue weighted by Crippen LogP contribution is 2.31. The van der Waals surface area contributed by atoms with Gasteiger partial charge in [0.2, 0.25) is 0 Å². The molecular weight excluding hydrogens is 368 g/mol. The zero-order valence-electron chi connectivity index (χ0n) is 15.8. The Labute approximate surface area is 168 Å². The van der Waals surface area contributed by atoms with Crippen LogP contribution in [0.4, 0.5) is 5.13 Å². The van der Waals surface area contributed by atoms with Crippen LogP contribution in [-0.2, 0) is 0 Å². The van der Waals surface area contributed by atoms with E-state index in [2.05, 4.69) is 0 Å². The van der Waals surface area contributed by atoms with Gasteiger partial charge in [-0.15, -0.1) is 0 Å². The maximum absolute atomic E-state index is 13.2. The van der Waals surface area contributed by atoms with Crippen LogP contribution in [0, 0.1) is 6.92 Å². The van der Waals surface area contributed by atoms with Gasteiger partial charge in [-0.25, -0.2) is 4.98 Å². The second kappa shape index (κ2) is 7.82. The molecule has 140 valence electrons. The molecule has 4 aromatic rings. The van der Waals surface area contributed by atoms with Gasteiger partial charge in [0, 0.05) is 12.1 Å². The van der Waals surface area contributed by atoms with E-state index in [0.717, 1.165) is 21.5 Å². The summed E-state index contributed by atoms with van der Waals surface area (Å²) in [6.45, 7) is 4.54. The molecule has 0 atom stereocenters. The molecule has 0 radical (unpaired) electrons. The highest BCUT2D eigenvalue weighted by Gasteiger charge is 2.20. The summed E-state index contributed by atoms with van der Waals surface area (Å²) >= 11 is 1.54. The van der Waals surface area contributed by atoms with Crippen molar-refractivity contribution in [1.82, 2.24) is 4.98 Å². The summed E-state index contributed by atoms with van der Waals surface area (Å²) in [5.74, 6) is 1.28. The van der Waals surface area contributed by atoms with E-state index in [1.165, 1.54) is 11.3 Å². The predicted octanol–water partition coefficient (Wildman–Crippen LogP) is 6.06. The van der Waals surface area contributed by atoms with Gasteiger partial charge >= 0.3 is 0 Å². The van der Waals surface area contributed by atoms with Gasteiger partial charge in [-0.3, -0.25) is 9.69 Å². The molecule has 0 N–H and O–H groups in total. The maximum Gasteiger partial charge on any atom is 0.260 e. The molecule has 1 heterocycles. The molecule has 0 saturated carbocycles.